The molecule has 66 heavy (non-hydrogen) atoms. The Kier molecular flexibility index (Phi) is 11.4. The summed E-state index contributed by atoms with van der Waals surface area (Å²) in [6.45, 7) is 14.2. The lowest BCUT2D eigenvalue weighted by molar-refractivity contribution is 0.106. The van der Waals surface area contributed by atoms with Gasteiger partial charge in [-0.2, -0.15) is 10.5 Å². The summed E-state index contributed by atoms with van der Waals surface area (Å²) in [5.74, 6) is -6.16. The summed E-state index contributed by atoms with van der Waals surface area (Å²) < 4.78 is 99.3. The maximum atomic E-state index is 16.2. The van der Waals surface area contributed by atoms with Gasteiger partial charge in [0.15, 0.2) is 57.8 Å². The van der Waals surface area contributed by atoms with Crippen molar-refractivity contribution < 1.29 is 46.0 Å². The van der Waals surface area contributed by atoms with Gasteiger partial charge in [0.1, 0.15) is 34.8 Å². The van der Waals surface area contributed by atoms with Crippen LogP contribution in [0.2, 0.25) is 0 Å². The van der Waals surface area contributed by atoms with Gasteiger partial charge in [-0.05, 0) is 92.5 Å². The van der Waals surface area contributed by atoms with E-state index in [2.05, 4.69) is 41.5 Å². The summed E-state index contributed by atoms with van der Waals surface area (Å²) in [5.41, 5.74) is -2.10. The molecule has 12 nitrogen and oxygen atoms in total. The molecule has 0 bridgehead atoms. The van der Waals surface area contributed by atoms with E-state index in [1.54, 1.807) is 109 Å². The molecule has 2 aliphatic heterocycles. The van der Waals surface area contributed by atoms with E-state index in [0.717, 1.165) is 0 Å². The van der Waals surface area contributed by atoms with Crippen molar-refractivity contribution in [2.75, 3.05) is 23.4 Å². The molecule has 0 N–H and O–H groups in total. The molecule has 0 saturated heterocycles. The molecule has 0 spiro atoms. The fourth-order valence-electron chi connectivity index (χ4n) is 7.31. The van der Waals surface area contributed by atoms with Crippen LogP contribution in [0.15, 0.2) is 118 Å². The number of para-hydroxylation sites is 8. The number of hydrogen-bond acceptors (Lipinski definition) is 10. The summed E-state index contributed by atoms with van der Waals surface area (Å²) >= 11 is 6.63. The molecule has 0 aromatic heterocycles. The SMILES string of the molecule is [C-]#[N+]c1c(F)c(OCOc2cc(Br)c(OCOc3c(F)c(C#N)c(N4c5ccccc5Oc5ccccc54)c([N+]#[C-])c3F)cc2Br)c(F)c(C#N)c1N1c2ccccc2Oc2ccccc21. The molecule has 0 saturated carbocycles. The number of fused-ring (bicyclic) bond motifs is 4. The highest BCUT2D eigenvalue weighted by atomic mass is 79.9. The first-order valence-corrected chi connectivity index (χ1v) is 20.7. The lowest BCUT2D eigenvalue weighted by Crippen LogP contribution is -2.19. The smallest absolute Gasteiger partial charge is 0.250 e. The van der Waals surface area contributed by atoms with Gasteiger partial charge in [0, 0.05) is 0 Å². The predicted octanol–water partition coefficient (Wildman–Crippen LogP) is 14.6. The van der Waals surface area contributed by atoms with Crippen molar-refractivity contribution in [3.05, 3.63) is 175 Å². The van der Waals surface area contributed by atoms with E-state index in [-0.39, 0.29) is 31.8 Å². The van der Waals surface area contributed by atoms with E-state index in [9.17, 15) is 10.5 Å². The normalized spacial score (nSPS) is 11.7. The Morgan fingerprint density at radius 2 is 0.833 bits per heavy atom. The zero-order valence-electron chi connectivity index (χ0n) is 33.2. The highest BCUT2D eigenvalue weighted by molar-refractivity contribution is 9.11. The van der Waals surface area contributed by atoms with Crippen LogP contribution < -0.4 is 38.2 Å². The molecule has 18 heteroatoms. The van der Waals surface area contributed by atoms with Gasteiger partial charge < -0.3 is 38.2 Å². The van der Waals surface area contributed by atoms with Crippen LogP contribution in [-0.4, -0.2) is 13.6 Å². The topological polar surface area (TPSA) is 118 Å². The van der Waals surface area contributed by atoms with Gasteiger partial charge in [0.2, 0.25) is 13.6 Å². The summed E-state index contributed by atoms with van der Waals surface area (Å²) in [4.78, 5) is 9.48. The second-order valence-corrected chi connectivity index (χ2v) is 15.5. The number of hydrogen-bond donors (Lipinski definition) is 0. The summed E-state index contributed by atoms with van der Waals surface area (Å²) in [6, 6.07) is 32.8. The molecule has 0 amide bonds. The van der Waals surface area contributed by atoms with Crippen molar-refractivity contribution in [1.82, 2.24) is 0 Å². The number of benzene rings is 7. The molecule has 7 aromatic carbocycles. The minimum Gasteiger partial charge on any atom is -0.456 e. The van der Waals surface area contributed by atoms with Crippen molar-refractivity contribution >= 4 is 77.4 Å². The van der Waals surface area contributed by atoms with Gasteiger partial charge >= 0.3 is 0 Å². The quantitative estimate of drug-likeness (QED) is 0.0744. The van der Waals surface area contributed by atoms with E-state index in [1.165, 1.54) is 21.9 Å². The van der Waals surface area contributed by atoms with Crippen LogP contribution in [-0.2, 0) is 0 Å². The van der Waals surface area contributed by atoms with Gasteiger partial charge in [0.25, 0.3) is 11.4 Å². The first-order chi connectivity index (χ1) is 32.1. The molecule has 0 unspecified atom stereocenters. The van der Waals surface area contributed by atoms with E-state index < -0.39 is 70.9 Å². The number of nitrogens with zero attached hydrogens (tertiary/aromatic N) is 6. The van der Waals surface area contributed by atoms with Crippen LogP contribution in [0.3, 0.4) is 0 Å². The molecule has 0 radical (unpaired) electrons. The van der Waals surface area contributed by atoms with E-state index in [4.69, 9.17) is 41.6 Å². The Hall–Kier alpha value is -8.42. The number of halogens is 6. The fourth-order valence-corrected chi connectivity index (χ4v) is 8.18. The molecule has 2 heterocycles. The Morgan fingerprint density at radius 1 is 0.515 bits per heavy atom. The largest absolute Gasteiger partial charge is 0.456 e. The Bertz CT molecular complexity index is 2960. The third-order valence-electron chi connectivity index (χ3n) is 10.2. The summed E-state index contributed by atoms with van der Waals surface area (Å²) in [6.07, 6.45) is 0. The molecule has 7 aromatic rings. The molecule has 0 fully saturated rings. The van der Waals surface area contributed by atoms with Crippen LogP contribution in [0, 0.1) is 59.1 Å². The van der Waals surface area contributed by atoms with Crippen molar-refractivity contribution in [2.45, 2.75) is 0 Å². The van der Waals surface area contributed by atoms with Gasteiger partial charge in [-0.1, -0.05) is 48.5 Å². The monoisotopic (exact) mass is 1010 g/mol. The maximum Gasteiger partial charge on any atom is 0.250 e. The Morgan fingerprint density at radius 3 is 1.14 bits per heavy atom. The Balaban J connectivity index is 0.935. The minimum atomic E-state index is -1.38. The molecular formula is C48H22Br2F4N6O6. The lowest BCUT2D eigenvalue weighted by Gasteiger charge is -2.34. The average molecular weight is 1010 g/mol. The highest BCUT2D eigenvalue weighted by Crippen LogP contribution is 2.57. The lowest BCUT2D eigenvalue weighted by atomic mass is 10.0. The molecule has 322 valence electrons. The number of ether oxygens (including phenoxy) is 6. The van der Waals surface area contributed by atoms with Gasteiger partial charge in [0.05, 0.1) is 56.2 Å². The van der Waals surface area contributed by atoms with Crippen LogP contribution in [0.25, 0.3) is 9.69 Å². The van der Waals surface area contributed by atoms with Gasteiger partial charge in [-0.15, -0.1) is 0 Å². The maximum absolute atomic E-state index is 16.2. The molecule has 2 aliphatic rings. The number of anilines is 6. The molecule has 9 rings (SSSR count). The number of rotatable bonds is 10. The summed E-state index contributed by atoms with van der Waals surface area (Å²) in [7, 11) is 0. The Labute approximate surface area is 389 Å². The fraction of sp³-hybridized carbons (Fsp3) is 0.0417. The average Bonchev–Trinajstić information content (AvgIpc) is 3.33. The summed E-state index contributed by atoms with van der Waals surface area (Å²) in [5, 5.41) is 20.4. The van der Waals surface area contributed by atoms with Gasteiger partial charge in [-0.3, -0.25) is 0 Å². The second kappa shape index (κ2) is 17.6. The van der Waals surface area contributed by atoms with Crippen LogP contribution in [0.4, 0.5) is 63.1 Å². The third kappa shape index (κ3) is 7.21. The zero-order valence-corrected chi connectivity index (χ0v) is 36.4. The zero-order chi connectivity index (χ0) is 46.2. The highest BCUT2D eigenvalue weighted by Gasteiger charge is 2.37. The van der Waals surface area contributed by atoms with Crippen LogP contribution in [0.1, 0.15) is 11.1 Å². The molecule has 0 aliphatic carbocycles. The van der Waals surface area contributed by atoms with Crippen molar-refractivity contribution in [3.63, 3.8) is 0 Å². The molecular weight excluding hydrogens is 992 g/mol. The third-order valence-corrected chi connectivity index (χ3v) is 11.4. The minimum absolute atomic E-state index is 0.0549. The first-order valence-electron chi connectivity index (χ1n) is 19.1. The van der Waals surface area contributed by atoms with E-state index in [1.807, 2.05) is 0 Å². The predicted molar refractivity (Wildman–Crippen MR) is 238 cm³/mol. The van der Waals surface area contributed by atoms with E-state index >= 15 is 17.6 Å². The van der Waals surface area contributed by atoms with Crippen LogP contribution >= 0.6 is 31.9 Å². The standard InChI is InChI=1S/C48H22Br2F4N6O6/c1-57-43-41(53)47(39(51)25(21-55)45(43)59-29-11-3-7-15-33(29)65-34-16-8-4-12-30(34)59)63-23-61-37-19-28(50)38(20-27(37)49)62-24-64-48-40(52)26(22-56)46(44(58-2)42(48)54)60-31-13-5-9-17-35(31)66-36-18-10-6-14-32(36)60/h3-20H,23-24H2. The second-order valence-electron chi connectivity index (χ2n) is 13.8. The van der Waals surface area contributed by atoms with Crippen LogP contribution in [0.5, 0.6) is 46.0 Å². The van der Waals surface area contributed by atoms with E-state index in [0.29, 0.717) is 45.7 Å². The van der Waals surface area contributed by atoms with Crippen molar-refractivity contribution in [1.29, 1.82) is 10.5 Å². The first kappa shape index (κ1) is 42.9. The van der Waals surface area contributed by atoms with Gasteiger partial charge in [-0.25, -0.2) is 27.3 Å². The van der Waals surface area contributed by atoms with Crippen molar-refractivity contribution in [2.24, 2.45) is 0 Å². The molecule has 0 atom stereocenters. The number of nitriles is 2. The van der Waals surface area contributed by atoms with Crippen molar-refractivity contribution in [3.8, 4) is 58.1 Å².